The van der Waals surface area contributed by atoms with Crippen molar-refractivity contribution in [3.05, 3.63) is 42.0 Å². The number of anilines is 1. The Morgan fingerprint density at radius 2 is 1.79 bits per heavy atom. The molecular weight excluding hydrogens is 236 g/mol. The highest BCUT2D eigenvalue weighted by Gasteiger charge is 2.13. The van der Waals surface area contributed by atoms with E-state index in [9.17, 15) is 4.79 Å². The van der Waals surface area contributed by atoms with Crippen LogP contribution in [0.4, 0.5) is 5.69 Å². The molecule has 0 fully saturated rings. The zero-order valence-corrected chi connectivity index (χ0v) is 11.8. The third-order valence-corrected chi connectivity index (χ3v) is 3.48. The van der Waals surface area contributed by atoms with Crippen LogP contribution in [0.2, 0.25) is 0 Å². The summed E-state index contributed by atoms with van der Waals surface area (Å²) in [6, 6.07) is 8.55. The predicted octanol–water partition coefficient (Wildman–Crippen LogP) is 2.47. The molecular formula is C16H22N2O. The zero-order chi connectivity index (χ0) is 13.7. The normalized spacial score (nSPS) is 13.9. The van der Waals surface area contributed by atoms with E-state index >= 15 is 0 Å². The fraction of sp³-hybridized carbons (Fsp3) is 0.438. The van der Waals surface area contributed by atoms with Gasteiger partial charge >= 0.3 is 0 Å². The third kappa shape index (κ3) is 3.85. The highest BCUT2D eigenvalue weighted by atomic mass is 16.2. The molecule has 0 bridgehead atoms. The van der Waals surface area contributed by atoms with Gasteiger partial charge in [0.2, 0.25) is 5.91 Å². The van der Waals surface area contributed by atoms with E-state index in [-0.39, 0.29) is 5.91 Å². The third-order valence-electron chi connectivity index (χ3n) is 3.48. The highest BCUT2D eigenvalue weighted by molar-refractivity contribution is 5.76. The minimum absolute atomic E-state index is 0.273. The molecule has 0 saturated heterocycles. The molecule has 0 unspecified atom stereocenters. The summed E-state index contributed by atoms with van der Waals surface area (Å²) in [5.74, 6) is 0.273. The number of hydrogen-bond donors (Lipinski definition) is 0. The van der Waals surface area contributed by atoms with E-state index in [0.717, 1.165) is 25.9 Å². The molecule has 3 nitrogen and oxygen atoms in total. The standard InChI is InChI=1S/C16H22N2O/c1-17(2)15-10-8-14(9-11-15)6-5-7-16(19)18-12-3-4-13-18/h3-4,8-11H,5-7,12-13H2,1-2H3. The molecule has 1 heterocycles. The van der Waals surface area contributed by atoms with Crippen molar-refractivity contribution in [1.82, 2.24) is 4.90 Å². The summed E-state index contributed by atoms with van der Waals surface area (Å²) in [6.45, 7) is 1.58. The summed E-state index contributed by atoms with van der Waals surface area (Å²) in [4.78, 5) is 15.8. The first-order chi connectivity index (χ1) is 9.16. The topological polar surface area (TPSA) is 23.6 Å². The Morgan fingerprint density at radius 1 is 1.16 bits per heavy atom. The summed E-state index contributed by atoms with van der Waals surface area (Å²) in [5.41, 5.74) is 2.51. The molecule has 0 aliphatic carbocycles. The number of nitrogens with zero attached hydrogens (tertiary/aromatic N) is 2. The van der Waals surface area contributed by atoms with Crippen LogP contribution in [0.1, 0.15) is 18.4 Å². The van der Waals surface area contributed by atoms with Crippen LogP contribution in [-0.2, 0) is 11.2 Å². The summed E-state index contributed by atoms with van der Waals surface area (Å²) >= 11 is 0. The molecule has 102 valence electrons. The van der Waals surface area contributed by atoms with E-state index in [1.54, 1.807) is 0 Å². The molecule has 0 N–H and O–H groups in total. The molecule has 0 radical (unpaired) electrons. The number of amides is 1. The van der Waals surface area contributed by atoms with Crippen molar-refractivity contribution in [2.45, 2.75) is 19.3 Å². The number of carbonyl (C=O) groups excluding carboxylic acids is 1. The van der Waals surface area contributed by atoms with Crippen LogP contribution in [-0.4, -0.2) is 38.0 Å². The van der Waals surface area contributed by atoms with Crippen molar-refractivity contribution < 1.29 is 4.79 Å². The van der Waals surface area contributed by atoms with Gasteiger partial charge in [-0.2, -0.15) is 0 Å². The zero-order valence-electron chi connectivity index (χ0n) is 11.8. The Bertz CT molecular complexity index is 440. The molecule has 0 saturated carbocycles. The van der Waals surface area contributed by atoms with Crippen LogP contribution in [0, 0.1) is 0 Å². The van der Waals surface area contributed by atoms with E-state index in [1.165, 1.54) is 11.3 Å². The molecule has 0 atom stereocenters. The number of benzene rings is 1. The Kier molecular flexibility index (Phi) is 4.61. The van der Waals surface area contributed by atoms with Gasteiger partial charge in [0.15, 0.2) is 0 Å². The molecule has 1 aliphatic heterocycles. The molecule has 2 rings (SSSR count). The van der Waals surface area contributed by atoms with Crippen LogP contribution in [0.15, 0.2) is 36.4 Å². The van der Waals surface area contributed by atoms with Crippen molar-refractivity contribution in [1.29, 1.82) is 0 Å². The Labute approximate surface area is 115 Å². The van der Waals surface area contributed by atoms with Crippen molar-refractivity contribution in [3.8, 4) is 0 Å². The minimum Gasteiger partial charge on any atom is -0.378 e. The lowest BCUT2D eigenvalue weighted by atomic mass is 10.1. The lowest BCUT2D eigenvalue weighted by molar-refractivity contribution is -0.129. The van der Waals surface area contributed by atoms with Gasteiger partial charge in [-0.05, 0) is 30.5 Å². The molecule has 3 heteroatoms. The van der Waals surface area contributed by atoms with Crippen molar-refractivity contribution in [3.63, 3.8) is 0 Å². The first-order valence-corrected chi connectivity index (χ1v) is 6.86. The van der Waals surface area contributed by atoms with Gasteiger partial charge in [-0.1, -0.05) is 24.3 Å². The number of hydrogen-bond acceptors (Lipinski definition) is 2. The van der Waals surface area contributed by atoms with E-state index in [0.29, 0.717) is 6.42 Å². The summed E-state index contributed by atoms with van der Waals surface area (Å²) in [6.07, 6.45) is 6.66. The maximum absolute atomic E-state index is 11.9. The first-order valence-electron chi connectivity index (χ1n) is 6.86. The molecule has 0 spiro atoms. The minimum atomic E-state index is 0.273. The number of rotatable bonds is 5. The Balaban J connectivity index is 1.74. The van der Waals surface area contributed by atoms with Crippen LogP contribution in [0.5, 0.6) is 0 Å². The Hall–Kier alpha value is -1.77. The van der Waals surface area contributed by atoms with Gasteiger partial charge in [0.25, 0.3) is 0 Å². The average molecular weight is 258 g/mol. The SMILES string of the molecule is CN(C)c1ccc(CCCC(=O)N2CC=CC2)cc1. The quantitative estimate of drug-likeness (QED) is 0.758. The van der Waals surface area contributed by atoms with Gasteiger partial charge in [0, 0.05) is 39.3 Å². The smallest absolute Gasteiger partial charge is 0.223 e. The summed E-state index contributed by atoms with van der Waals surface area (Å²) < 4.78 is 0. The van der Waals surface area contributed by atoms with Gasteiger partial charge in [-0.25, -0.2) is 0 Å². The fourth-order valence-electron chi connectivity index (χ4n) is 2.24. The monoisotopic (exact) mass is 258 g/mol. The lowest BCUT2D eigenvalue weighted by Gasteiger charge is -2.15. The summed E-state index contributed by atoms with van der Waals surface area (Å²) in [7, 11) is 4.08. The Morgan fingerprint density at radius 3 is 2.37 bits per heavy atom. The van der Waals surface area contributed by atoms with Gasteiger partial charge in [0.05, 0.1) is 0 Å². The van der Waals surface area contributed by atoms with Gasteiger partial charge < -0.3 is 9.80 Å². The molecule has 1 aromatic carbocycles. The number of carbonyl (C=O) groups is 1. The molecule has 1 aliphatic rings. The van der Waals surface area contributed by atoms with Crippen molar-refractivity contribution in [2.75, 3.05) is 32.1 Å². The lowest BCUT2D eigenvalue weighted by Crippen LogP contribution is -2.27. The maximum atomic E-state index is 11.9. The van der Waals surface area contributed by atoms with E-state index < -0.39 is 0 Å². The van der Waals surface area contributed by atoms with Crippen LogP contribution < -0.4 is 4.90 Å². The van der Waals surface area contributed by atoms with Crippen molar-refractivity contribution >= 4 is 11.6 Å². The second-order valence-electron chi connectivity index (χ2n) is 5.18. The van der Waals surface area contributed by atoms with E-state index in [1.807, 2.05) is 19.0 Å². The van der Waals surface area contributed by atoms with Gasteiger partial charge in [-0.3, -0.25) is 4.79 Å². The fourth-order valence-corrected chi connectivity index (χ4v) is 2.24. The second-order valence-corrected chi connectivity index (χ2v) is 5.18. The molecule has 19 heavy (non-hydrogen) atoms. The van der Waals surface area contributed by atoms with Gasteiger partial charge in [0.1, 0.15) is 0 Å². The maximum Gasteiger partial charge on any atom is 0.223 e. The van der Waals surface area contributed by atoms with Crippen molar-refractivity contribution in [2.24, 2.45) is 0 Å². The summed E-state index contributed by atoms with van der Waals surface area (Å²) in [5, 5.41) is 0. The van der Waals surface area contributed by atoms with Gasteiger partial charge in [-0.15, -0.1) is 0 Å². The van der Waals surface area contributed by atoms with E-state index in [2.05, 4.69) is 41.3 Å². The average Bonchev–Trinajstić information content (AvgIpc) is 2.93. The van der Waals surface area contributed by atoms with E-state index in [4.69, 9.17) is 0 Å². The molecule has 1 aromatic rings. The van der Waals surface area contributed by atoms with Crippen LogP contribution >= 0.6 is 0 Å². The highest BCUT2D eigenvalue weighted by Crippen LogP contribution is 2.14. The van der Waals surface area contributed by atoms with Crippen LogP contribution in [0.3, 0.4) is 0 Å². The second kappa shape index (κ2) is 6.41. The molecule has 1 amide bonds. The largest absolute Gasteiger partial charge is 0.378 e. The first kappa shape index (κ1) is 13.7. The predicted molar refractivity (Wildman–Crippen MR) is 79.4 cm³/mol. The molecule has 0 aromatic heterocycles. The number of aryl methyl sites for hydroxylation is 1. The van der Waals surface area contributed by atoms with Crippen LogP contribution in [0.25, 0.3) is 0 Å².